The lowest BCUT2D eigenvalue weighted by Crippen LogP contribution is -2.51. The van der Waals surface area contributed by atoms with Gasteiger partial charge in [-0.15, -0.1) is 0 Å². The maximum Gasteiger partial charge on any atom is 0.171 e. The lowest BCUT2D eigenvalue weighted by molar-refractivity contribution is -0.0110. The quantitative estimate of drug-likeness (QED) is 0.168. The van der Waals surface area contributed by atoms with Gasteiger partial charge in [-0.1, -0.05) is 102 Å². The van der Waals surface area contributed by atoms with Crippen LogP contribution in [0.25, 0.3) is 11.0 Å². The van der Waals surface area contributed by atoms with E-state index in [1.165, 1.54) is 11.1 Å². The minimum atomic E-state index is -1.96. The summed E-state index contributed by atoms with van der Waals surface area (Å²) in [5, 5.41) is 13.0. The molecule has 0 aliphatic heterocycles. The average Bonchev–Trinajstić information content (AvgIpc) is 3.32. The molecule has 0 radical (unpaired) electrons. The van der Waals surface area contributed by atoms with E-state index in [4.69, 9.17) is 4.98 Å². The number of aliphatic hydroxyl groups is 1. The zero-order valence-electron chi connectivity index (χ0n) is 25.5. The van der Waals surface area contributed by atoms with Crippen LogP contribution < -0.4 is 0 Å². The number of hydrogen-bond acceptors (Lipinski definition) is 3. The van der Waals surface area contributed by atoms with Gasteiger partial charge in [-0.05, 0) is 74.7 Å². The first kappa shape index (κ1) is 30.2. The maximum atomic E-state index is 11.9. The van der Waals surface area contributed by atoms with Crippen molar-refractivity contribution in [2.24, 2.45) is 5.92 Å². The number of aromatic nitrogens is 2. The van der Waals surface area contributed by atoms with E-state index in [1.807, 2.05) is 6.20 Å². The molecule has 0 bridgehead atoms. The lowest BCUT2D eigenvalue weighted by Gasteiger charge is -2.45. The molecule has 1 atom stereocenters. The summed E-state index contributed by atoms with van der Waals surface area (Å²) in [5.41, 5.74) is 6.43. The molecule has 1 N–H and O–H groups in total. The minimum absolute atomic E-state index is 0.224. The second-order valence-corrected chi connectivity index (χ2v) is 19.6. The molecule has 0 saturated heterocycles. The second-order valence-electron chi connectivity index (χ2n) is 13.0. The molecule has 6 heteroatoms. The number of hydrogen-bond donors (Lipinski definition) is 1. The molecule has 2 aromatic carbocycles. The fraction of sp³-hybridized carbons (Fsp3) is 0.457. The van der Waals surface area contributed by atoms with Gasteiger partial charge in [0.2, 0.25) is 0 Å². The monoisotopic (exact) mass is 631 g/mol. The summed E-state index contributed by atoms with van der Waals surface area (Å²) in [6, 6.07) is 24.2. The summed E-state index contributed by atoms with van der Waals surface area (Å²) >= 11 is 3.79. The topological polar surface area (TPSA) is 41.3 Å². The van der Waals surface area contributed by atoms with Gasteiger partial charge in [-0.2, -0.15) is 0 Å². The van der Waals surface area contributed by atoms with Crippen LogP contribution >= 0.6 is 15.9 Å². The molecule has 2 heterocycles. The van der Waals surface area contributed by atoms with E-state index in [9.17, 15) is 5.11 Å². The normalized spacial score (nSPS) is 18.5. The van der Waals surface area contributed by atoms with Crippen molar-refractivity contribution in [2.75, 3.05) is 0 Å². The van der Waals surface area contributed by atoms with E-state index >= 15 is 0 Å². The molecule has 41 heavy (non-hydrogen) atoms. The fourth-order valence-electron chi connectivity index (χ4n) is 7.90. The van der Waals surface area contributed by atoms with Crippen LogP contribution in [-0.2, 0) is 13.1 Å². The molecule has 4 aromatic rings. The smallest absolute Gasteiger partial charge is 0.171 e. The summed E-state index contributed by atoms with van der Waals surface area (Å²) in [6.45, 7) is 16.2. The Morgan fingerprint density at radius 3 is 1.85 bits per heavy atom. The Balaban J connectivity index is 1.41. The van der Waals surface area contributed by atoms with Gasteiger partial charge in [0.15, 0.2) is 8.24 Å². The van der Waals surface area contributed by atoms with Gasteiger partial charge in [0.05, 0.1) is 6.10 Å². The zero-order chi connectivity index (χ0) is 29.3. The SMILES string of the molecule is CC(C)[Si](C(C)C)(C(C)C)n1ccc2c(C(O)C3CC(N(Cc4ccccc4)Cc4ccccc4)C3)c(Br)cnc21. The summed E-state index contributed by atoms with van der Waals surface area (Å²) < 4.78 is 3.46. The predicted octanol–water partition coefficient (Wildman–Crippen LogP) is 9.34. The van der Waals surface area contributed by atoms with Crippen molar-refractivity contribution in [3.63, 3.8) is 0 Å². The average molecular weight is 633 g/mol. The van der Waals surface area contributed by atoms with Crippen molar-refractivity contribution in [1.82, 2.24) is 14.1 Å². The van der Waals surface area contributed by atoms with Crippen molar-refractivity contribution >= 4 is 35.2 Å². The molecule has 1 aliphatic carbocycles. The van der Waals surface area contributed by atoms with Gasteiger partial charge in [0.1, 0.15) is 5.65 Å². The first-order chi connectivity index (χ1) is 19.6. The van der Waals surface area contributed by atoms with Crippen molar-refractivity contribution in [2.45, 2.75) is 96.2 Å². The molecule has 2 aromatic heterocycles. The third-order valence-electron chi connectivity index (χ3n) is 9.76. The third-order valence-corrected chi connectivity index (χ3v) is 17.1. The van der Waals surface area contributed by atoms with E-state index in [-0.39, 0.29) is 5.92 Å². The molecular weight excluding hydrogens is 586 g/mol. The third kappa shape index (κ3) is 5.73. The van der Waals surface area contributed by atoms with Gasteiger partial charge in [-0.25, -0.2) is 4.98 Å². The minimum Gasteiger partial charge on any atom is -0.388 e. The number of nitrogens with zero attached hydrogens (tertiary/aromatic N) is 3. The number of benzene rings is 2. The van der Waals surface area contributed by atoms with E-state index in [2.05, 4.69) is 140 Å². The number of pyridine rings is 1. The van der Waals surface area contributed by atoms with Crippen LogP contribution in [0.4, 0.5) is 0 Å². The zero-order valence-corrected chi connectivity index (χ0v) is 28.1. The van der Waals surface area contributed by atoms with E-state index in [1.54, 1.807) is 0 Å². The largest absolute Gasteiger partial charge is 0.388 e. The highest BCUT2D eigenvalue weighted by atomic mass is 79.9. The Kier molecular flexibility index (Phi) is 9.24. The van der Waals surface area contributed by atoms with Crippen LogP contribution in [0.1, 0.15) is 77.2 Å². The Labute approximate surface area is 256 Å². The Hall–Kier alpha value is -2.25. The number of halogens is 1. The predicted molar refractivity (Wildman–Crippen MR) is 177 cm³/mol. The van der Waals surface area contributed by atoms with Crippen molar-refractivity contribution < 1.29 is 5.11 Å². The highest BCUT2D eigenvalue weighted by molar-refractivity contribution is 9.10. The van der Waals surface area contributed by atoms with Crippen molar-refractivity contribution in [3.05, 3.63) is 100 Å². The number of fused-ring (bicyclic) bond motifs is 1. The highest BCUT2D eigenvalue weighted by Gasteiger charge is 2.46. The van der Waals surface area contributed by atoms with Gasteiger partial charge < -0.3 is 9.34 Å². The number of rotatable bonds is 11. The van der Waals surface area contributed by atoms with Crippen LogP contribution in [0.3, 0.4) is 0 Å². The van der Waals surface area contributed by atoms with Crippen LogP contribution in [0, 0.1) is 5.92 Å². The van der Waals surface area contributed by atoms with Gasteiger partial charge in [0.25, 0.3) is 0 Å². The molecule has 5 rings (SSSR count). The first-order valence-electron chi connectivity index (χ1n) is 15.3. The summed E-state index contributed by atoms with van der Waals surface area (Å²) in [7, 11) is -1.96. The molecule has 1 saturated carbocycles. The van der Waals surface area contributed by atoms with Gasteiger partial charge in [-0.3, -0.25) is 4.90 Å². The van der Waals surface area contributed by atoms with Crippen LogP contribution in [0.5, 0.6) is 0 Å². The summed E-state index contributed by atoms with van der Waals surface area (Å²) in [5.74, 6) is 0.224. The van der Waals surface area contributed by atoms with Gasteiger partial charge >= 0.3 is 0 Å². The Bertz CT molecular complexity index is 1370. The standard InChI is InChI=1S/C35H46BrN3OSi/c1-24(2)41(25(3)4,26(5)6)39-18-17-31-33(32(36)21-37-35(31)39)34(40)29-19-30(20-29)38(22-27-13-9-7-10-14-27)23-28-15-11-8-12-16-28/h7-18,21,24-26,29-30,34,40H,19-20,22-23H2,1-6H3. The molecule has 218 valence electrons. The van der Waals surface area contributed by atoms with Crippen molar-refractivity contribution in [1.29, 1.82) is 0 Å². The van der Waals surface area contributed by atoms with E-state index in [0.29, 0.717) is 22.7 Å². The first-order valence-corrected chi connectivity index (χ1v) is 18.3. The molecule has 0 amide bonds. The lowest BCUT2D eigenvalue weighted by atomic mass is 9.73. The van der Waals surface area contributed by atoms with E-state index < -0.39 is 14.3 Å². The fourth-order valence-corrected chi connectivity index (χ4v) is 15.0. The molecule has 4 nitrogen and oxygen atoms in total. The highest BCUT2D eigenvalue weighted by Crippen LogP contribution is 2.47. The molecule has 0 spiro atoms. The van der Waals surface area contributed by atoms with Crippen LogP contribution in [-0.4, -0.2) is 33.5 Å². The molecular formula is C35H46BrN3OSi. The van der Waals surface area contributed by atoms with Gasteiger partial charge in [0, 0.05) is 40.8 Å². The van der Waals surface area contributed by atoms with Crippen LogP contribution in [0.15, 0.2) is 83.6 Å². The Morgan fingerprint density at radius 2 is 1.37 bits per heavy atom. The summed E-state index contributed by atoms with van der Waals surface area (Å²) in [4.78, 5) is 7.56. The summed E-state index contributed by atoms with van der Waals surface area (Å²) in [6.07, 6.45) is 5.65. The second kappa shape index (κ2) is 12.5. The maximum absolute atomic E-state index is 11.9. The molecule has 1 aliphatic rings. The molecule has 1 fully saturated rings. The van der Waals surface area contributed by atoms with Crippen molar-refractivity contribution in [3.8, 4) is 0 Å². The van der Waals surface area contributed by atoms with Crippen LogP contribution in [0.2, 0.25) is 16.6 Å². The number of aliphatic hydroxyl groups excluding tert-OH is 1. The van der Waals surface area contributed by atoms with E-state index in [0.717, 1.165) is 47.0 Å². The Morgan fingerprint density at radius 1 is 0.854 bits per heavy atom. The molecule has 1 unspecified atom stereocenters.